The first-order valence-corrected chi connectivity index (χ1v) is 9.78. The molecule has 3 aliphatic heterocycles. The van der Waals surface area contributed by atoms with Gasteiger partial charge in [-0.25, -0.2) is 0 Å². The lowest BCUT2D eigenvalue weighted by molar-refractivity contribution is -0.154. The van der Waals surface area contributed by atoms with E-state index in [1.807, 2.05) is 0 Å². The predicted octanol–water partition coefficient (Wildman–Crippen LogP) is 2.07. The number of hydrogen-bond donors (Lipinski definition) is 0. The van der Waals surface area contributed by atoms with E-state index in [-0.39, 0.29) is 60.5 Å². The molecule has 0 aromatic rings. The van der Waals surface area contributed by atoms with Crippen LogP contribution in [0.15, 0.2) is 0 Å². The molecular formula is C20H28O6. The standard InChI is InChI=1S/C20H28O6/c1-9(2)11-7-16-20(4,26-16)18-15-8-13(23)14(24-10(3)21)6-5-12(22)19(25-15)17(11)18/h9,11,14-19H,5-8H2,1-4H3/t11-,14+,15-,16+,17-,18-,19+,20+/m1/s1. The van der Waals surface area contributed by atoms with Crippen LogP contribution < -0.4 is 0 Å². The van der Waals surface area contributed by atoms with Crippen LogP contribution in [0.25, 0.3) is 0 Å². The third-order valence-corrected chi connectivity index (χ3v) is 7.00. The lowest BCUT2D eigenvalue weighted by Gasteiger charge is -2.39. The molecule has 0 amide bonds. The summed E-state index contributed by atoms with van der Waals surface area (Å²) in [7, 11) is 0. The lowest BCUT2D eigenvalue weighted by Crippen LogP contribution is -2.47. The third-order valence-electron chi connectivity index (χ3n) is 7.00. The third kappa shape index (κ3) is 2.73. The second-order valence-corrected chi connectivity index (χ2v) is 8.91. The fourth-order valence-electron chi connectivity index (χ4n) is 5.71. The fraction of sp³-hybridized carbons (Fsp3) is 0.850. The highest BCUT2D eigenvalue weighted by atomic mass is 16.6. The maximum atomic E-state index is 12.9. The van der Waals surface area contributed by atoms with Gasteiger partial charge in [0.1, 0.15) is 6.10 Å². The highest BCUT2D eigenvalue weighted by Gasteiger charge is 2.71. The zero-order valence-corrected chi connectivity index (χ0v) is 15.9. The molecule has 1 saturated carbocycles. The zero-order chi connectivity index (χ0) is 18.8. The van der Waals surface area contributed by atoms with Crippen LogP contribution in [0.2, 0.25) is 0 Å². The number of hydrogen-bond acceptors (Lipinski definition) is 6. The largest absolute Gasteiger partial charge is 0.455 e. The van der Waals surface area contributed by atoms with Crippen LogP contribution in [-0.2, 0) is 28.6 Å². The molecule has 0 radical (unpaired) electrons. The summed E-state index contributed by atoms with van der Waals surface area (Å²) in [4.78, 5) is 37.0. The van der Waals surface area contributed by atoms with Crippen molar-refractivity contribution < 1.29 is 28.6 Å². The second kappa shape index (κ2) is 6.13. The number of esters is 1. The van der Waals surface area contributed by atoms with Gasteiger partial charge in [0.05, 0.1) is 17.8 Å². The normalized spacial score (nSPS) is 47.5. The van der Waals surface area contributed by atoms with Crippen molar-refractivity contribution in [2.75, 3.05) is 0 Å². The van der Waals surface area contributed by atoms with Crippen LogP contribution >= 0.6 is 0 Å². The first-order chi connectivity index (χ1) is 12.2. The average Bonchev–Trinajstić information content (AvgIpc) is 3.06. The summed E-state index contributed by atoms with van der Waals surface area (Å²) in [6.07, 6.45) is 0.139. The minimum Gasteiger partial charge on any atom is -0.455 e. The van der Waals surface area contributed by atoms with Crippen LogP contribution in [0.3, 0.4) is 0 Å². The molecule has 8 atom stereocenters. The summed E-state index contributed by atoms with van der Waals surface area (Å²) >= 11 is 0. The van der Waals surface area contributed by atoms with Crippen molar-refractivity contribution in [3.05, 3.63) is 0 Å². The Morgan fingerprint density at radius 1 is 1.27 bits per heavy atom. The van der Waals surface area contributed by atoms with E-state index in [4.69, 9.17) is 14.2 Å². The Kier molecular flexibility index (Phi) is 4.27. The molecule has 3 saturated heterocycles. The number of ketones is 2. The van der Waals surface area contributed by atoms with Crippen molar-refractivity contribution in [3.8, 4) is 0 Å². The van der Waals surface area contributed by atoms with Gasteiger partial charge in [0.2, 0.25) is 0 Å². The summed E-state index contributed by atoms with van der Waals surface area (Å²) < 4.78 is 17.5. The summed E-state index contributed by atoms with van der Waals surface area (Å²) in [6.45, 7) is 7.76. The van der Waals surface area contributed by atoms with E-state index in [2.05, 4.69) is 20.8 Å². The van der Waals surface area contributed by atoms with Gasteiger partial charge in [-0.05, 0) is 31.6 Å². The lowest BCUT2D eigenvalue weighted by atomic mass is 9.60. The van der Waals surface area contributed by atoms with Gasteiger partial charge in [-0.2, -0.15) is 0 Å². The van der Waals surface area contributed by atoms with Crippen LogP contribution in [0.4, 0.5) is 0 Å². The number of fused-ring (bicyclic) bond motifs is 7. The van der Waals surface area contributed by atoms with Gasteiger partial charge in [0.25, 0.3) is 0 Å². The molecule has 4 aliphatic rings. The SMILES string of the molecule is CC(=O)O[C@H]1CCC(=O)[C@@H]2O[C@H](CC1=O)[C@@H]1[C@H]2[C@@H](C(C)C)C[C@@H]2O[C@]12C. The van der Waals surface area contributed by atoms with E-state index in [9.17, 15) is 14.4 Å². The van der Waals surface area contributed by atoms with E-state index in [1.54, 1.807) is 0 Å². The Hall–Kier alpha value is -1.27. The number of carbonyl (C=O) groups excluding carboxylic acids is 3. The molecule has 144 valence electrons. The molecule has 4 fully saturated rings. The summed E-state index contributed by atoms with van der Waals surface area (Å²) in [5.41, 5.74) is -0.299. The molecule has 4 rings (SSSR count). The van der Waals surface area contributed by atoms with Crippen LogP contribution in [-0.4, -0.2) is 47.6 Å². The first kappa shape index (κ1) is 18.1. The average molecular weight is 364 g/mol. The molecule has 6 nitrogen and oxygen atoms in total. The molecule has 0 N–H and O–H groups in total. The van der Waals surface area contributed by atoms with Crippen LogP contribution in [0.1, 0.15) is 53.4 Å². The van der Waals surface area contributed by atoms with Crippen molar-refractivity contribution >= 4 is 17.5 Å². The maximum absolute atomic E-state index is 12.9. The van der Waals surface area contributed by atoms with Gasteiger partial charge in [0, 0.05) is 31.6 Å². The maximum Gasteiger partial charge on any atom is 0.303 e. The molecular weight excluding hydrogens is 336 g/mol. The highest BCUT2D eigenvalue weighted by Crippen LogP contribution is 2.62. The molecule has 26 heavy (non-hydrogen) atoms. The van der Waals surface area contributed by atoms with Gasteiger partial charge < -0.3 is 14.2 Å². The molecule has 0 aromatic carbocycles. The number of ether oxygens (including phenoxy) is 3. The molecule has 0 spiro atoms. The van der Waals surface area contributed by atoms with Crippen molar-refractivity contribution in [2.45, 2.75) is 83.4 Å². The minimum absolute atomic E-state index is 0.0303. The number of Topliss-reactive ketones (excluding diaryl/α,β-unsaturated/α-hetero) is 2. The van der Waals surface area contributed by atoms with Crippen molar-refractivity contribution in [3.63, 3.8) is 0 Å². The van der Waals surface area contributed by atoms with Gasteiger partial charge in [0.15, 0.2) is 17.7 Å². The molecule has 3 heterocycles. The Morgan fingerprint density at radius 3 is 2.65 bits per heavy atom. The fourth-order valence-corrected chi connectivity index (χ4v) is 5.71. The van der Waals surface area contributed by atoms with Crippen molar-refractivity contribution in [1.82, 2.24) is 0 Å². The Balaban J connectivity index is 1.67. The highest BCUT2D eigenvalue weighted by molar-refractivity contribution is 5.89. The minimum atomic E-state index is -0.842. The zero-order valence-electron chi connectivity index (χ0n) is 15.9. The topological polar surface area (TPSA) is 82.2 Å². The summed E-state index contributed by atoms with van der Waals surface area (Å²) in [5.74, 6) is 0.333. The van der Waals surface area contributed by atoms with E-state index >= 15 is 0 Å². The van der Waals surface area contributed by atoms with Crippen LogP contribution in [0, 0.1) is 23.7 Å². The molecule has 6 heteroatoms. The summed E-state index contributed by atoms with van der Waals surface area (Å²) in [5, 5.41) is 0. The number of rotatable bonds is 2. The van der Waals surface area contributed by atoms with Crippen molar-refractivity contribution in [2.24, 2.45) is 23.7 Å². The van der Waals surface area contributed by atoms with E-state index in [1.165, 1.54) is 6.92 Å². The predicted molar refractivity (Wildman–Crippen MR) is 91.3 cm³/mol. The van der Waals surface area contributed by atoms with Gasteiger partial charge in [-0.1, -0.05) is 13.8 Å². The van der Waals surface area contributed by atoms with Gasteiger partial charge >= 0.3 is 5.97 Å². The Bertz CT molecular complexity index is 642. The monoisotopic (exact) mass is 364 g/mol. The van der Waals surface area contributed by atoms with Gasteiger partial charge in [-0.3, -0.25) is 14.4 Å². The number of epoxide rings is 1. The van der Waals surface area contributed by atoms with E-state index in [0.717, 1.165) is 6.42 Å². The molecule has 2 bridgehead atoms. The van der Waals surface area contributed by atoms with Gasteiger partial charge in [-0.15, -0.1) is 0 Å². The van der Waals surface area contributed by atoms with E-state index in [0.29, 0.717) is 11.8 Å². The Labute approximate surface area is 153 Å². The smallest absolute Gasteiger partial charge is 0.303 e. The Morgan fingerprint density at radius 2 is 2.00 bits per heavy atom. The first-order valence-electron chi connectivity index (χ1n) is 9.78. The number of carbonyl (C=O) groups is 3. The van der Waals surface area contributed by atoms with Crippen LogP contribution in [0.5, 0.6) is 0 Å². The molecule has 0 unspecified atom stereocenters. The quantitative estimate of drug-likeness (QED) is 0.551. The summed E-state index contributed by atoms with van der Waals surface area (Å²) in [6, 6.07) is 0. The molecule has 0 aromatic heterocycles. The van der Waals surface area contributed by atoms with Crippen molar-refractivity contribution in [1.29, 1.82) is 0 Å². The second-order valence-electron chi connectivity index (χ2n) is 8.91. The van der Waals surface area contributed by atoms with E-state index < -0.39 is 18.2 Å². The molecule has 1 aliphatic carbocycles.